The van der Waals surface area contributed by atoms with Gasteiger partial charge >= 0.3 is 0 Å². The molecule has 4 heteroatoms. The van der Waals surface area contributed by atoms with Gasteiger partial charge in [0.05, 0.1) is 5.69 Å². The van der Waals surface area contributed by atoms with Crippen molar-refractivity contribution in [3.8, 4) is 0 Å². The lowest BCUT2D eigenvalue weighted by Crippen LogP contribution is -2.19. The minimum Gasteiger partial charge on any atom is -0.376 e. The Morgan fingerprint density at radius 3 is 2.64 bits per heavy atom. The Balaban J connectivity index is 2.85. The summed E-state index contributed by atoms with van der Waals surface area (Å²) in [4.78, 5) is 1.18. The van der Waals surface area contributed by atoms with E-state index in [0.717, 1.165) is 5.69 Å². The molecule has 0 aliphatic heterocycles. The lowest BCUT2D eigenvalue weighted by Gasteiger charge is -2.11. The van der Waals surface area contributed by atoms with Crippen molar-refractivity contribution in [2.24, 2.45) is 5.73 Å². The summed E-state index contributed by atoms with van der Waals surface area (Å²) in [5.41, 5.74) is 6.42. The highest BCUT2D eigenvalue weighted by molar-refractivity contribution is 8.00. The van der Waals surface area contributed by atoms with E-state index in [2.05, 4.69) is 25.2 Å². The molecular formula is C10H14N2S2. The van der Waals surface area contributed by atoms with Crippen LogP contribution in [0.2, 0.25) is 0 Å². The maximum absolute atomic E-state index is 5.44. The monoisotopic (exact) mass is 226 g/mol. The predicted molar refractivity (Wildman–Crippen MR) is 67.8 cm³/mol. The van der Waals surface area contributed by atoms with Gasteiger partial charge in [-0.15, -0.1) is 11.8 Å². The second kappa shape index (κ2) is 5.22. The highest BCUT2D eigenvalue weighted by Gasteiger charge is 2.04. The molecule has 0 spiro atoms. The Hall–Kier alpha value is -0.740. The lowest BCUT2D eigenvalue weighted by molar-refractivity contribution is 1.11. The number of thiocarbonyl (C=S) groups is 1. The van der Waals surface area contributed by atoms with Gasteiger partial charge in [-0.1, -0.05) is 26.0 Å². The van der Waals surface area contributed by atoms with Crippen molar-refractivity contribution in [2.75, 3.05) is 5.32 Å². The number of para-hydroxylation sites is 1. The third-order valence-electron chi connectivity index (χ3n) is 1.51. The Bertz CT molecular complexity index is 324. The van der Waals surface area contributed by atoms with Crippen LogP contribution in [0.1, 0.15) is 13.8 Å². The van der Waals surface area contributed by atoms with Gasteiger partial charge in [0.1, 0.15) is 0 Å². The number of nitrogens with one attached hydrogen (secondary N) is 1. The van der Waals surface area contributed by atoms with E-state index in [0.29, 0.717) is 10.4 Å². The first-order chi connectivity index (χ1) is 6.59. The van der Waals surface area contributed by atoms with Crippen molar-refractivity contribution < 1.29 is 0 Å². The highest BCUT2D eigenvalue weighted by atomic mass is 32.2. The fourth-order valence-electron chi connectivity index (χ4n) is 1.06. The van der Waals surface area contributed by atoms with Crippen molar-refractivity contribution >= 4 is 34.8 Å². The molecule has 0 aliphatic rings. The number of anilines is 1. The Morgan fingerprint density at radius 2 is 2.07 bits per heavy atom. The van der Waals surface area contributed by atoms with Crippen LogP contribution in [0.15, 0.2) is 29.2 Å². The molecular weight excluding hydrogens is 212 g/mol. The molecule has 0 radical (unpaired) electrons. The zero-order chi connectivity index (χ0) is 10.6. The maximum atomic E-state index is 5.44. The van der Waals surface area contributed by atoms with Gasteiger partial charge in [-0.25, -0.2) is 0 Å². The van der Waals surface area contributed by atoms with Crippen molar-refractivity contribution in [3.05, 3.63) is 24.3 Å². The third kappa shape index (κ3) is 3.55. The SMILES string of the molecule is CC(C)Sc1ccccc1NC(N)=S. The van der Waals surface area contributed by atoms with E-state index < -0.39 is 0 Å². The zero-order valence-electron chi connectivity index (χ0n) is 8.28. The number of nitrogens with two attached hydrogens (primary N) is 1. The number of hydrogen-bond acceptors (Lipinski definition) is 2. The summed E-state index contributed by atoms with van der Waals surface area (Å²) >= 11 is 6.60. The molecule has 76 valence electrons. The first kappa shape index (κ1) is 11.3. The molecule has 14 heavy (non-hydrogen) atoms. The second-order valence-electron chi connectivity index (χ2n) is 3.15. The number of benzene rings is 1. The Labute approximate surface area is 94.3 Å². The van der Waals surface area contributed by atoms with Crippen molar-refractivity contribution in [2.45, 2.75) is 24.0 Å². The second-order valence-corrected chi connectivity index (χ2v) is 5.21. The van der Waals surface area contributed by atoms with Crippen LogP contribution >= 0.6 is 24.0 Å². The van der Waals surface area contributed by atoms with Gasteiger partial charge in [0, 0.05) is 10.1 Å². The first-order valence-electron chi connectivity index (χ1n) is 4.41. The predicted octanol–water partition coefficient (Wildman–Crippen LogP) is 2.84. The molecule has 0 aliphatic carbocycles. The molecule has 1 aromatic rings. The molecule has 0 aromatic heterocycles. The molecule has 0 saturated carbocycles. The van der Waals surface area contributed by atoms with Crippen molar-refractivity contribution in [1.82, 2.24) is 0 Å². The summed E-state index contributed by atoms with van der Waals surface area (Å²) in [7, 11) is 0. The normalized spacial score (nSPS) is 10.2. The van der Waals surface area contributed by atoms with Crippen LogP contribution < -0.4 is 11.1 Å². The molecule has 1 rings (SSSR count). The minimum atomic E-state index is 0.307. The van der Waals surface area contributed by atoms with Crippen LogP contribution in [0.5, 0.6) is 0 Å². The van der Waals surface area contributed by atoms with Crippen LogP contribution in [0.25, 0.3) is 0 Å². The maximum Gasteiger partial charge on any atom is 0.168 e. The van der Waals surface area contributed by atoms with Gasteiger partial charge in [0.25, 0.3) is 0 Å². The Kier molecular flexibility index (Phi) is 4.22. The smallest absolute Gasteiger partial charge is 0.168 e. The summed E-state index contributed by atoms with van der Waals surface area (Å²) in [6.07, 6.45) is 0. The molecule has 0 fully saturated rings. The van der Waals surface area contributed by atoms with E-state index in [1.165, 1.54) is 4.90 Å². The van der Waals surface area contributed by atoms with Crippen LogP contribution in [0, 0.1) is 0 Å². The molecule has 1 aromatic carbocycles. The van der Waals surface area contributed by atoms with Crippen molar-refractivity contribution in [3.63, 3.8) is 0 Å². The quantitative estimate of drug-likeness (QED) is 0.614. The average Bonchev–Trinajstić information content (AvgIpc) is 2.06. The van der Waals surface area contributed by atoms with Crippen LogP contribution in [-0.2, 0) is 0 Å². The molecule has 0 amide bonds. The van der Waals surface area contributed by atoms with Crippen molar-refractivity contribution in [1.29, 1.82) is 0 Å². The number of thioether (sulfide) groups is 1. The largest absolute Gasteiger partial charge is 0.376 e. The number of rotatable bonds is 3. The fraction of sp³-hybridized carbons (Fsp3) is 0.300. The third-order valence-corrected chi connectivity index (χ3v) is 2.69. The molecule has 3 N–H and O–H groups in total. The topological polar surface area (TPSA) is 38.0 Å². The van der Waals surface area contributed by atoms with Crippen LogP contribution in [0.4, 0.5) is 5.69 Å². The van der Waals surface area contributed by atoms with E-state index in [-0.39, 0.29) is 0 Å². The van der Waals surface area contributed by atoms with E-state index in [4.69, 9.17) is 18.0 Å². The van der Waals surface area contributed by atoms with Crippen LogP contribution in [-0.4, -0.2) is 10.4 Å². The van der Waals surface area contributed by atoms with E-state index in [1.54, 1.807) is 11.8 Å². The highest BCUT2D eigenvalue weighted by Crippen LogP contribution is 2.29. The van der Waals surface area contributed by atoms with Gasteiger partial charge in [-0.2, -0.15) is 0 Å². The first-order valence-corrected chi connectivity index (χ1v) is 5.70. The molecule has 0 unspecified atom stereocenters. The Morgan fingerprint density at radius 1 is 1.43 bits per heavy atom. The summed E-state index contributed by atoms with van der Waals surface area (Å²) in [6, 6.07) is 8.01. The van der Waals surface area contributed by atoms with E-state index in [1.807, 2.05) is 18.2 Å². The molecule has 0 atom stereocenters. The fourth-order valence-corrected chi connectivity index (χ4v) is 2.08. The molecule has 2 nitrogen and oxygen atoms in total. The van der Waals surface area contributed by atoms with E-state index in [9.17, 15) is 0 Å². The van der Waals surface area contributed by atoms with Gasteiger partial charge in [-0.3, -0.25) is 0 Å². The standard InChI is InChI=1S/C10H14N2S2/c1-7(2)14-9-6-4-3-5-8(9)12-10(11)13/h3-7H,1-2H3,(H3,11,12,13). The van der Waals surface area contributed by atoms with Gasteiger partial charge in [-0.05, 0) is 24.4 Å². The van der Waals surface area contributed by atoms with Gasteiger partial charge in [0.2, 0.25) is 0 Å². The lowest BCUT2D eigenvalue weighted by atomic mass is 10.3. The average molecular weight is 226 g/mol. The molecule has 0 saturated heterocycles. The number of hydrogen-bond donors (Lipinski definition) is 2. The molecule has 0 heterocycles. The van der Waals surface area contributed by atoms with Crippen LogP contribution in [0.3, 0.4) is 0 Å². The van der Waals surface area contributed by atoms with Gasteiger partial charge in [0.15, 0.2) is 5.11 Å². The summed E-state index contributed by atoms with van der Waals surface area (Å²) in [6.45, 7) is 4.31. The minimum absolute atomic E-state index is 0.307. The van der Waals surface area contributed by atoms with Gasteiger partial charge < -0.3 is 11.1 Å². The zero-order valence-corrected chi connectivity index (χ0v) is 9.91. The molecule has 0 bridgehead atoms. The summed E-state index contributed by atoms with van der Waals surface area (Å²) < 4.78 is 0. The van der Waals surface area contributed by atoms with E-state index >= 15 is 0 Å². The summed E-state index contributed by atoms with van der Waals surface area (Å²) in [5.74, 6) is 0. The summed E-state index contributed by atoms with van der Waals surface area (Å²) in [5, 5.41) is 3.82.